The highest BCUT2D eigenvalue weighted by atomic mass is 19.3. The molecule has 0 aromatic heterocycles. The number of nitrogens with one attached hydrogen (secondary N) is 3. The number of hydrogen-bond acceptors (Lipinski definition) is 5. The number of hydrogen-bond donors (Lipinski definition) is 3. The number of nitrogens with zero attached hydrogens (tertiary/aromatic N) is 1. The van der Waals surface area contributed by atoms with Gasteiger partial charge >= 0.3 is 12.6 Å². The molecule has 156 valence electrons. The largest absolute Gasteiger partial charge is 0.435 e. The Morgan fingerprint density at radius 3 is 2.37 bits per heavy atom. The molecule has 0 spiro atoms. The number of ether oxygens (including phenoxy) is 1. The van der Waals surface area contributed by atoms with Crippen LogP contribution in [0.3, 0.4) is 0 Å². The summed E-state index contributed by atoms with van der Waals surface area (Å²) in [5.41, 5.74) is 1.16. The number of amides is 3. The summed E-state index contributed by atoms with van der Waals surface area (Å²) in [7, 11) is 0. The number of carbonyl (C=O) groups is 2. The van der Waals surface area contributed by atoms with E-state index >= 15 is 0 Å². The molecule has 0 radical (unpaired) electrons. The third-order valence-electron chi connectivity index (χ3n) is 4.29. The van der Waals surface area contributed by atoms with Crippen LogP contribution in [0.2, 0.25) is 0 Å². The number of benzene rings is 2. The summed E-state index contributed by atoms with van der Waals surface area (Å²) in [4.78, 5) is 35.0. The molecule has 9 nitrogen and oxygen atoms in total. The standard InChI is InChI=1S/C19H16F2N4O5/c1-10-15(17(26)23-12-4-6-13(7-5-12)25(28)29)16(24-19(27)22-10)11-2-8-14(9-3-11)30-18(20)21/h2-9,16,18H,1H3,(H,23,26)(H2,22,24,27). The molecule has 0 saturated heterocycles. The van der Waals surface area contributed by atoms with Crippen LogP contribution in [0.4, 0.5) is 25.0 Å². The summed E-state index contributed by atoms with van der Waals surface area (Å²) in [6.07, 6.45) is 0. The second kappa shape index (κ2) is 8.55. The number of alkyl halides is 2. The maximum Gasteiger partial charge on any atom is 0.387 e. The number of urea groups is 1. The van der Waals surface area contributed by atoms with Crippen LogP contribution in [-0.2, 0) is 4.79 Å². The summed E-state index contributed by atoms with van der Waals surface area (Å²) in [5.74, 6) is -0.613. The van der Waals surface area contributed by atoms with Crippen LogP contribution in [0, 0.1) is 10.1 Å². The first-order valence-electron chi connectivity index (χ1n) is 8.63. The van der Waals surface area contributed by atoms with Crippen LogP contribution in [0.5, 0.6) is 5.75 Å². The van der Waals surface area contributed by atoms with Gasteiger partial charge in [0.1, 0.15) is 5.75 Å². The molecule has 1 aliphatic heterocycles. The minimum Gasteiger partial charge on any atom is -0.435 e. The van der Waals surface area contributed by atoms with Crippen LogP contribution in [-0.4, -0.2) is 23.5 Å². The van der Waals surface area contributed by atoms with Gasteiger partial charge in [-0.05, 0) is 36.8 Å². The summed E-state index contributed by atoms with van der Waals surface area (Å²) in [5, 5.41) is 18.5. The van der Waals surface area contributed by atoms with Gasteiger partial charge in [0.15, 0.2) is 0 Å². The predicted molar refractivity (Wildman–Crippen MR) is 102 cm³/mol. The van der Waals surface area contributed by atoms with Gasteiger partial charge in [-0.3, -0.25) is 14.9 Å². The van der Waals surface area contributed by atoms with Gasteiger partial charge in [-0.1, -0.05) is 12.1 Å². The van der Waals surface area contributed by atoms with Crippen molar-refractivity contribution in [3.05, 3.63) is 75.5 Å². The van der Waals surface area contributed by atoms with Crippen LogP contribution >= 0.6 is 0 Å². The minimum atomic E-state index is -2.97. The number of rotatable bonds is 6. The molecule has 3 rings (SSSR count). The number of allylic oxidation sites excluding steroid dienone is 1. The predicted octanol–water partition coefficient (Wildman–Crippen LogP) is 3.46. The van der Waals surface area contributed by atoms with Crippen molar-refractivity contribution in [1.82, 2.24) is 10.6 Å². The van der Waals surface area contributed by atoms with Crippen molar-refractivity contribution >= 4 is 23.3 Å². The normalized spacial score (nSPS) is 16.0. The first-order chi connectivity index (χ1) is 14.2. The molecule has 11 heteroatoms. The highest BCUT2D eigenvalue weighted by Crippen LogP contribution is 2.29. The fourth-order valence-corrected chi connectivity index (χ4v) is 2.95. The topological polar surface area (TPSA) is 123 Å². The van der Waals surface area contributed by atoms with Crippen LogP contribution in [0.15, 0.2) is 59.8 Å². The average molecular weight is 418 g/mol. The lowest BCUT2D eigenvalue weighted by Gasteiger charge is -2.28. The van der Waals surface area contributed by atoms with E-state index < -0.39 is 29.5 Å². The van der Waals surface area contributed by atoms with Crippen LogP contribution in [0.25, 0.3) is 0 Å². The van der Waals surface area contributed by atoms with E-state index in [0.717, 1.165) is 0 Å². The van der Waals surface area contributed by atoms with E-state index in [-0.39, 0.29) is 17.0 Å². The van der Waals surface area contributed by atoms with Gasteiger partial charge in [-0.15, -0.1) is 0 Å². The number of nitro benzene ring substituents is 1. The Kier molecular flexibility index (Phi) is 5.90. The molecular weight excluding hydrogens is 402 g/mol. The van der Waals surface area contributed by atoms with Crippen molar-refractivity contribution in [2.45, 2.75) is 19.6 Å². The second-order valence-corrected chi connectivity index (χ2v) is 6.28. The Balaban J connectivity index is 1.85. The first kappa shape index (κ1) is 20.7. The van der Waals surface area contributed by atoms with Crippen molar-refractivity contribution in [2.24, 2.45) is 0 Å². The third kappa shape index (κ3) is 4.69. The van der Waals surface area contributed by atoms with Crippen LogP contribution < -0.4 is 20.7 Å². The smallest absolute Gasteiger partial charge is 0.387 e. The van der Waals surface area contributed by atoms with E-state index in [4.69, 9.17) is 0 Å². The van der Waals surface area contributed by atoms with E-state index in [1.54, 1.807) is 6.92 Å². The quantitative estimate of drug-likeness (QED) is 0.490. The zero-order chi connectivity index (χ0) is 21.8. The third-order valence-corrected chi connectivity index (χ3v) is 4.29. The lowest BCUT2D eigenvalue weighted by atomic mass is 9.94. The molecule has 0 saturated carbocycles. The Bertz CT molecular complexity index is 1010. The van der Waals surface area contributed by atoms with E-state index in [2.05, 4.69) is 20.7 Å². The first-order valence-corrected chi connectivity index (χ1v) is 8.63. The molecule has 1 unspecified atom stereocenters. The summed E-state index contributed by atoms with van der Waals surface area (Å²) in [6, 6.07) is 9.40. The van der Waals surface area contributed by atoms with Gasteiger partial charge in [0, 0.05) is 23.5 Å². The summed E-state index contributed by atoms with van der Waals surface area (Å²) < 4.78 is 29.0. The van der Waals surface area contributed by atoms with Crippen molar-refractivity contribution in [2.75, 3.05) is 5.32 Å². The van der Waals surface area contributed by atoms with Gasteiger partial charge in [0.2, 0.25) is 0 Å². The van der Waals surface area contributed by atoms with Gasteiger partial charge in [0.25, 0.3) is 11.6 Å². The molecule has 2 aromatic rings. The number of carbonyl (C=O) groups excluding carboxylic acids is 2. The molecule has 1 aliphatic rings. The molecule has 0 fully saturated rings. The fourth-order valence-electron chi connectivity index (χ4n) is 2.95. The number of nitro groups is 1. The number of halogens is 2. The van der Waals surface area contributed by atoms with E-state index in [9.17, 15) is 28.5 Å². The number of non-ortho nitro benzene ring substituents is 1. The minimum absolute atomic E-state index is 0.0633. The Morgan fingerprint density at radius 2 is 1.80 bits per heavy atom. The second-order valence-electron chi connectivity index (χ2n) is 6.28. The SMILES string of the molecule is CC1=C(C(=O)Nc2ccc([N+](=O)[O-])cc2)C(c2ccc(OC(F)F)cc2)NC(=O)N1. The molecular formula is C19H16F2N4O5. The lowest BCUT2D eigenvalue weighted by molar-refractivity contribution is -0.384. The summed E-state index contributed by atoms with van der Waals surface area (Å²) in [6.45, 7) is -1.43. The molecule has 3 amide bonds. The molecule has 2 aromatic carbocycles. The molecule has 1 heterocycles. The lowest BCUT2D eigenvalue weighted by Crippen LogP contribution is -2.45. The Labute approximate surface area is 168 Å². The zero-order valence-corrected chi connectivity index (χ0v) is 15.5. The highest BCUT2D eigenvalue weighted by molar-refractivity contribution is 6.06. The zero-order valence-electron chi connectivity index (χ0n) is 15.5. The van der Waals surface area contributed by atoms with E-state index in [1.165, 1.54) is 48.5 Å². The summed E-state index contributed by atoms with van der Waals surface area (Å²) >= 11 is 0. The van der Waals surface area contributed by atoms with Gasteiger partial charge in [-0.25, -0.2) is 4.79 Å². The van der Waals surface area contributed by atoms with Crippen molar-refractivity contribution in [3.63, 3.8) is 0 Å². The average Bonchev–Trinajstić information content (AvgIpc) is 2.67. The Morgan fingerprint density at radius 1 is 1.17 bits per heavy atom. The maximum atomic E-state index is 12.9. The van der Waals surface area contributed by atoms with Gasteiger partial charge in [0.05, 0.1) is 16.5 Å². The van der Waals surface area contributed by atoms with Gasteiger partial charge in [-0.2, -0.15) is 8.78 Å². The highest BCUT2D eigenvalue weighted by Gasteiger charge is 2.31. The van der Waals surface area contributed by atoms with Crippen molar-refractivity contribution in [1.29, 1.82) is 0 Å². The monoisotopic (exact) mass is 418 g/mol. The van der Waals surface area contributed by atoms with Crippen molar-refractivity contribution in [3.8, 4) is 5.75 Å². The maximum absolute atomic E-state index is 12.9. The van der Waals surface area contributed by atoms with E-state index in [0.29, 0.717) is 16.9 Å². The van der Waals surface area contributed by atoms with Crippen LogP contribution in [0.1, 0.15) is 18.5 Å². The Hall–Kier alpha value is -4.02. The van der Waals surface area contributed by atoms with Crippen molar-refractivity contribution < 1.29 is 28.0 Å². The molecule has 30 heavy (non-hydrogen) atoms. The molecule has 0 bridgehead atoms. The molecule has 3 N–H and O–H groups in total. The van der Waals surface area contributed by atoms with E-state index in [1.807, 2.05) is 0 Å². The fraction of sp³-hybridized carbons (Fsp3) is 0.158. The molecule has 1 atom stereocenters. The van der Waals surface area contributed by atoms with Gasteiger partial charge < -0.3 is 20.7 Å². The molecule has 0 aliphatic carbocycles. The number of anilines is 1.